The number of hydrogen-bond acceptors (Lipinski definition) is 4. The summed E-state index contributed by atoms with van der Waals surface area (Å²) in [5, 5.41) is 40.2. The second-order valence-electron chi connectivity index (χ2n) is 9.35. The van der Waals surface area contributed by atoms with Gasteiger partial charge in [0, 0.05) is 0 Å². The van der Waals surface area contributed by atoms with Crippen molar-refractivity contribution in [1.82, 2.24) is 0 Å². The molecular weight excluding hydrogens is 472 g/mol. The fourth-order valence-corrected chi connectivity index (χ4v) is 5.35. The third-order valence-electron chi connectivity index (χ3n) is 7.04. The number of phenolic OH excluding ortho intramolecular Hbond substituents is 4. The summed E-state index contributed by atoms with van der Waals surface area (Å²) in [5.74, 6) is 0.808. The van der Waals surface area contributed by atoms with Gasteiger partial charge in [0.05, 0.1) is 0 Å². The molecule has 5 aromatic carbocycles. The van der Waals surface area contributed by atoms with Gasteiger partial charge in [0.2, 0.25) is 0 Å². The predicted molar refractivity (Wildman–Crippen MR) is 154 cm³/mol. The molecule has 0 spiro atoms. The summed E-state index contributed by atoms with van der Waals surface area (Å²) in [7, 11) is 0. The van der Waals surface area contributed by atoms with Crippen LogP contribution in [0.15, 0.2) is 97.1 Å². The van der Waals surface area contributed by atoms with E-state index < -0.39 is 0 Å². The van der Waals surface area contributed by atoms with Crippen LogP contribution >= 0.6 is 0 Å². The first-order chi connectivity index (χ1) is 18.4. The highest BCUT2D eigenvalue weighted by atomic mass is 16.3. The molecule has 0 amide bonds. The molecule has 0 heterocycles. The Morgan fingerprint density at radius 1 is 0.342 bits per heavy atom. The molecule has 0 saturated carbocycles. The van der Waals surface area contributed by atoms with E-state index >= 15 is 0 Å². The lowest BCUT2D eigenvalue weighted by atomic mass is 9.76. The summed E-state index contributed by atoms with van der Waals surface area (Å²) in [5.41, 5.74) is 10.5. The molecule has 0 fully saturated rings. The van der Waals surface area contributed by atoms with Crippen molar-refractivity contribution < 1.29 is 20.4 Å². The van der Waals surface area contributed by atoms with Gasteiger partial charge in [0.25, 0.3) is 0 Å². The van der Waals surface area contributed by atoms with Gasteiger partial charge in [-0.1, -0.05) is 62.4 Å². The van der Waals surface area contributed by atoms with Crippen molar-refractivity contribution in [3.63, 3.8) is 0 Å². The minimum atomic E-state index is 0.202. The van der Waals surface area contributed by atoms with Crippen LogP contribution in [0.2, 0.25) is 0 Å². The molecule has 38 heavy (non-hydrogen) atoms. The van der Waals surface area contributed by atoms with Crippen molar-refractivity contribution in [1.29, 1.82) is 0 Å². The van der Waals surface area contributed by atoms with Crippen LogP contribution in [0.4, 0.5) is 0 Å². The summed E-state index contributed by atoms with van der Waals surface area (Å²) < 4.78 is 0. The molecule has 4 N–H and O–H groups in total. The van der Waals surface area contributed by atoms with Gasteiger partial charge in [0.15, 0.2) is 0 Å². The van der Waals surface area contributed by atoms with E-state index in [1.807, 2.05) is 48.5 Å². The van der Waals surface area contributed by atoms with Crippen molar-refractivity contribution in [3.8, 4) is 67.5 Å². The predicted octanol–water partition coefficient (Wildman–Crippen LogP) is 8.30. The summed E-state index contributed by atoms with van der Waals surface area (Å²) in [6, 6.07) is 29.1. The number of aromatic hydroxyl groups is 4. The average Bonchev–Trinajstić information content (AvgIpc) is 2.93. The van der Waals surface area contributed by atoms with Crippen LogP contribution in [0, 0.1) is 0 Å². The van der Waals surface area contributed by atoms with Crippen molar-refractivity contribution in [3.05, 3.63) is 108 Å². The van der Waals surface area contributed by atoms with Gasteiger partial charge in [-0.25, -0.2) is 0 Å². The molecule has 0 aliphatic rings. The summed E-state index contributed by atoms with van der Waals surface area (Å²) in [6.45, 7) is 4.27. The molecule has 0 unspecified atom stereocenters. The first-order valence-electron chi connectivity index (χ1n) is 12.8. The fraction of sp³-hybridized carbons (Fsp3) is 0.118. The van der Waals surface area contributed by atoms with Crippen molar-refractivity contribution in [2.45, 2.75) is 26.7 Å². The molecule has 0 saturated heterocycles. The zero-order valence-corrected chi connectivity index (χ0v) is 21.4. The van der Waals surface area contributed by atoms with E-state index in [9.17, 15) is 20.4 Å². The first kappa shape index (κ1) is 25.0. The topological polar surface area (TPSA) is 80.9 Å². The summed E-state index contributed by atoms with van der Waals surface area (Å²) in [4.78, 5) is 0. The number of benzene rings is 5. The minimum absolute atomic E-state index is 0.202. The highest BCUT2D eigenvalue weighted by Gasteiger charge is 2.26. The molecule has 0 aliphatic heterocycles. The van der Waals surface area contributed by atoms with E-state index in [-0.39, 0.29) is 23.0 Å². The third kappa shape index (κ3) is 4.57. The lowest BCUT2D eigenvalue weighted by Gasteiger charge is -2.27. The van der Waals surface area contributed by atoms with Gasteiger partial charge in [-0.3, -0.25) is 0 Å². The van der Waals surface area contributed by atoms with E-state index in [2.05, 4.69) is 13.8 Å². The Hall–Kier alpha value is -4.70. The molecule has 4 heteroatoms. The van der Waals surface area contributed by atoms with E-state index in [1.165, 1.54) is 0 Å². The van der Waals surface area contributed by atoms with Crippen LogP contribution in [0.25, 0.3) is 44.5 Å². The van der Waals surface area contributed by atoms with Gasteiger partial charge in [-0.05, 0) is 117 Å². The summed E-state index contributed by atoms with van der Waals surface area (Å²) in [6.07, 6.45) is 1.46. The van der Waals surface area contributed by atoms with Gasteiger partial charge in [-0.15, -0.1) is 0 Å². The summed E-state index contributed by atoms with van der Waals surface area (Å²) >= 11 is 0. The van der Waals surface area contributed by atoms with Crippen LogP contribution in [0.5, 0.6) is 23.0 Å². The molecular formula is C34H30O4. The van der Waals surface area contributed by atoms with Crippen molar-refractivity contribution in [2.24, 2.45) is 0 Å². The average molecular weight is 503 g/mol. The van der Waals surface area contributed by atoms with Crippen LogP contribution < -0.4 is 0 Å². The zero-order valence-electron chi connectivity index (χ0n) is 21.4. The van der Waals surface area contributed by atoms with Gasteiger partial charge in [-0.2, -0.15) is 0 Å². The van der Waals surface area contributed by atoms with Gasteiger partial charge in [0.1, 0.15) is 23.0 Å². The molecule has 0 bridgehead atoms. The fourth-order valence-electron chi connectivity index (χ4n) is 5.35. The van der Waals surface area contributed by atoms with E-state index in [0.29, 0.717) is 0 Å². The lowest BCUT2D eigenvalue weighted by molar-refractivity contribution is 0.475. The monoisotopic (exact) mass is 502 g/mol. The molecule has 5 rings (SSSR count). The van der Waals surface area contributed by atoms with Gasteiger partial charge >= 0.3 is 0 Å². The Balaban J connectivity index is 2.01. The van der Waals surface area contributed by atoms with Crippen LogP contribution in [-0.2, 0) is 12.8 Å². The molecule has 5 aromatic rings. The van der Waals surface area contributed by atoms with Gasteiger partial charge < -0.3 is 20.4 Å². The Morgan fingerprint density at radius 2 is 0.526 bits per heavy atom. The van der Waals surface area contributed by atoms with Crippen LogP contribution in [-0.4, -0.2) is 20.4 Å². The maximum absolute atomic E-state index is 10.0. The Morgan fingerprint density at radius 3 is 0.684 bits per heavy atom. The highest BCUT2D eigenvalue weighted by Crippen LogP contribution is 2.50. The van der Waals surface area contributed by atoms with E-state index in [1.54, 1.807) is 48.5 Å². The quantitative estimate of drug-likeness (QED) is 0.188. The Bertz CT molecular complexity index is 1330. The third-order valence-corrected chi connectivity index (χ3v) is 7.04. The molecule has 0 aliphatic carbocycles. The SMILES string of the molecule is CCc1c(-c2ccc(O)cc2)c(-c2ccc(O)cc2)c(CC)c(-c2ccc(O)cc2)c1-c1ccc(O)cc1. The largest absolute Gasteiger partial charge is 0.508 e. The second kappa shape index (κ2) is 10.3. The smallest absolute Gasteiger partial charge is 0.115 e. The second-order valence-corrected chi connectivity index (χ2v) is 9.35. The van der Waals surface area contributed by atoms with Crippen LogP contribution in [0.3, 0.4) is 0 Å². The molecule has 0 aromatic heterocycles. The standard InChI is InChI=1S/C34H30O4/c1-3-29-31(21-5-13-25(35)14-6-21)33(23-9-17-27(37)18-10-23)30(4-2)34(24-11-19-28(38)20-12-24)32(29)22-7-15-26(36)16-8-22/h5-20,35-38H,3-4H2,1-2H3. The highest BCUT2D eigenvalue weighted by molar-refractivity contribution is 6.01. The molecule has 190 valence electrons. The molecule has 0 atom stereocenters. The lowest BCUT2D eigenvalue weighted by Crippen LogP contribution is -2.05. The maximum Gasteiger partial charge on any atom is 0.115 e. The number of rotatable bonds is 6. The number of hydrogen-bond donors (Lipinski definition) is 4. The Labute approximate surface area is 222 Å². The van der Waals surface area contributed by atoms with E-state index in [0.717, 1.165) is 68.5 Å². The number of phenols is 4. The molecule has 0 radical (unpaired) electrons. The normalized spacial score (nSPS) is 11.0. The van der Waals surface area contributed by atoms with Crippen LogP contribution in [0.1, 0.15) is 25.0 Å². The maximum atomic E-state index is 10.0. The minimum Gasteiger partial charge on any atom is -0.508 e. The zero-order chi connectivity index (χ0) is 26.8. The molecule has 4 nitrogen and oxygen atoms in total. The Kier molecular flexibility index (Phi) is 6.80. The van der Waals surface area contributed by atoms with Crippen molar-refractivity contribution >= 4 is 0 Å². The van der Waals surface area contributed by atoms with E-state index in [4.69, 9.17) is 0 Å². The van der Waals surface area contributed by atoms with Crippen molar-refractivity contribution in [2.75, 3.05) is 0 Å². The first-order valence-corrected chi connectivity index (χ1v) is 12.8.